The molecule has 5 heteroatoms. The number of hydrogen-bond acceptors (Lipinski definition) is 4. The molecule has 2 rings (SSSR count). The highest BCUT2D eigenvalue weighted by Gasteiger charge is 2.26. The number of hydrogen-bond donors (Lipinski definition) is 2. The molecule has 86 valence electrons. The Labute approximate surface area is 94.0 Å². The summed E-state index contributed by atoms with van der Waals surface area (Å²) in [5.74, 6) is -0.187. The molecule has 2 heterocycles. The quantitative estimate of drug-likeness (QED) is 0.765. The van der Waals surface area contributed by atoms with E-state index in [0.717, 1.165) is 6.42 Å². The van der Waals surface area contributed by atoms with Crippen molar-refractivity contribution in [3.63, 3.8) is 0 Å². The highest BCUT2D eigenvalue weighted by molar-refractivity contribution is 5.98. The van der Waals surface area contributed by atoms with Gasteiger partial charge >= 0.3 is 0 Å². The van der Waals surface area contributed by atoms with Gasteiger partial charge in [0, 0.05) is 24.7 Å². The van der Waals surface area contributed by atoms with Crippen LogP contribution in [0, 0.1) is 0 Å². The minimum Gasteiger partial charge on any atom is -0.398 e. The van der Waals surface area contributed by atoms with E-state index in [-0.39, 0.29) is 18.1 Å². The standard InChI is InChI=1S/C11H15N3O2/c1-7-10(3-5-16-7)14-11(15)8-6-13-4-2-9(8)12/h2,4,6-7,10H,3,5H2,1H3,(H2,12,13)(H,14,15). The smallest absolute Gasteiger partial charge is 0.255 e. The van der Waals surface area contributed by atoms with Crippen LogP contribution in [0.3, 0.4) is 0 Å². The fourth-order valence-corrected chi connectivity index (χ4v) is 1.76. The molecule has 1 saturated heterocycles. The van der Waals surface area contributed by atoms with Crippen molar-refractivity contribution in [1.29, 1.82) is 0 Å². The number of carbonyl (C=O) groups is 1. The fraction of sp³-hybridized carbons (Fsp3) is 0.455. The van der Waals surface area contributed by atoms with Gasteiger partial charge in [-0.2, -0.15) is 0 Å². The number of aromatic nitrogens is 1. The van der Waals surface area contributed by atoms with E-state index in [2.05, 4.69) is 10.3 Å². The Bertz CT molecular complexity index is 395. The molecule has 1 aliphatic heterocycles. The number of nitrogens with two attached hydrogens (primary N) is 1. The molecular weight excluding hydrogens is 206 g/mol. The Hall–Kier alpha value is -1.62. The lowest BCUT2D eigenvalue weighted by Crippen LogP contribution is -2.39. The summed E-state index contributed by atoms with van der Waals surface area (Å²) in [5, 5.41) is 2.90. The van der Waals surface area contributed by atoms with Crippen molar-refractivity contribution >= 4 is 11.6 Å². The molecule has 1 aliphatic rings. The maximum absolute atomic E-state index is 11.9. The molecular formula is C11H15N3O2. The molecule has 0 spiro atoms. The van der Waals surface area contributed by atoms with E-state index in [1.165, 1.54) is 6.20 Å². The molecule has 1 aromatic heterocycles. The van der Waals surface area contributed by atoms with Gasteiger partial charge in [-0.05, 0) is 19.4 Å². The number of nitrogen functional groups attached to an aromatic ring is 1. The van der Waals surface area contributed by atoms with E-state index in [9.17, 15) is 4.79 Å². The van der Waals surface area contributed by atoms with Crippen LogP contribution in [0.1, 0.15) is 23.7 Å². The van der Waals surface area contributed by atoms with Crippen molar-refractivity contribution in [2.24, 2.45) is 0 Å². The van der Waals surface area contributed by atoms with Crippen LogP contribution in [0.5, 0.6) is 0 Å². The Morgan fingerprint density at radius 1 is 1.69 bits per heavy atom. The number of amides is 1. The first-order valence-corrected chi connectivity index (χ1v) is 5.30. The molecule has 5 nitrogen and oxygen atoms in total. The van der Waals surface area contributed by atoms with E-state index >= 15 is 0 Å². The second kappa shape index (κ2) is 4.49. The van der Waals surface area contributed by atoms with Crippen LogP contribution in [0.4, 0.5) is 5.69 Å². The van der Waals surface area contributed by atoms with Gasteiger partial charge in [0.25, 0.3) is 5.91 Å². The summed E-state index contributed by atoms with van der Waals surface area (Å²) >= 11 is 0. The predicted molar refractivity (Wildman–Crippen MR) is 59.9 cm³/mol. The van der Waals surface area contributed by atoms with Gasteiger partial charge in [-0.3, -0.25) is 9.78 Å². The minimum atomic E-state index is -0.187. The molecule has 1 amide bonds. The summed E-state index contributed by atoms with van der Waals surface area (Å²) in [6.07, 6.45) is 3.94. The van der Waals surface area contributed by atoms with Gasteiger partial charge in [-0.1, -0.05) is 0 Å². The third kappa shape index (κ3) is 2.14. The zero-order chi connectivity index (χ0) is 11.5. The van der Waals surface area contributed by atoms with Crippen LogP contribution in [-0.4, -0.2) is 29.6 Å². The molecule has 1 aromatic rings. The predicted octanol–water partition coefficient (Wildman–Crippen LogP) is 0.571. The van der Waals surface area contributed by atoms with Crippen molar-refractivity contribution < 1.29 is 9.53 Å². The molecule has 0 saturated carbocycles. The lowest BCUT2D eigenvalue weighted by Gasteiger charge is -2.16. The number of rotatable bonds is 2. The maximum atomic E-state index is 11.9. The summed E-state index contributed by atoms with van der Waals surface area (Å²) in [6, 6.07) is 1.68. The molecule has 1 fully saturated rings. The SMILES string of the molecule is CC1OCCC1NC(=O)c1cnccc1N. The van der Waals surface area contributed by atoms with E-state index < -0.39 is 0 Å². The summed E-state index contributed by atoms with van der Waals surface area (Å²) in [5.41, 5.74) is 6.56. The van der Waals surface area contributed by atoms with Gasteiger partial charge in [0.1, 0.15) is 0 Å². The highest BCUT2D eigenvalue weighted by atomic mass is 16.5. The van der Waals surface area contributed by atoms with Gasteiger partial charge in [-0.25, -0.2) is 0 Å². The monoisotopic (exact) mass is 221 g/mol. The van der Waals surface area contributed by atoms with Crippen LogP contribution < -0.4 is 11.1 Å². The second-order valence-electron chi connectivity index (χ2n) is 3.91. The lowest BCUT2D eigenvalue weighted by molar-refractivity contribution is 0.0866. The second-order valence-corrected chi connectivity index (χ2v) is 3.91. The van der Waals surface area contributed by atoms with Crippen LogP contribution in [-0.2, 0) is 4.74 Å². The first-order chi connectivity index (χ1) is 7.68. The van der Waals surface area contributed by atoms with Crippen molar-refractivity contribution in [1.82, 2.24) is 10.3 Å². The first kappa shape index (κ1) is 10.9. The van der Waals surface area contributed by atoms with Gasteiger partial charge in [0.15, 0.2) is 0 Å². The van der Waals surface area contributed by atoms with Gasteiger partial charge in [0.2, 0.25) is 0 Å². The van der Waals surface area contributed by atoms with Crippen molar-refractivity contribution in [3.05, 3.63) is 24.0 Å². The summed E-state index contributed by atoms with van der Waals surface area (Å²) < 4.78 is 5.37. The highest BCUT2D eigenvalue weighted by Crippen LogP contribution is 2.15. The summed E-state index contributed by atoms with van der Waals surface area (Å²) in [6.45, 7) is 2.64. The molecule has 0 radical (unpaired) electrons. The Balaban J connectivity index is 2.06. The number of pyridine rings is 1. The molecule has 0 bridgehead atoms. The van der Waals surface area contributed by atoms with Crippen molar-refractivity contribution in [2.45, 2.75) is 25.5 Å². The molecule has 2 atom stereocenters. The summed E-state index contributed by atoms with van der Waals surface area (Å²) in [7, 11) is 0. The average molecular weight is 221 g/mol. The normalized spacial score (nSPS) is 24.3. The zero-order valence-electron chi connectivity index (χ0n) is 9.14. The fourth-order valence-electron chi connectivity index (χ4n) is 1.76. The van der Waals surface area contributed by atoms with E-state index in [1.807, 2.05) is 6.92 Å². The van der Waals surface area contributed by atoms with E-state index in [1.54, 1.807) is 12.3 Å². The van der Waals surface area contributed by atoms with Crippen LogP contribution in [0.2, 0.25) is 0 Å². The minimum absolute atomic E-state index is 0.0573. The molecule has 0 aromatic carbocycles. The van der Waals surface area contributed by atoms with E-state index in [0.29, 0.717) is 17.9 Å². The van der Waals surface area contributed by atoms with Crippen LogP contribution in [0.15, 0.2) is 18.5 Å². The molecule has 2 unspecified atom stereocenters. The molecule has 3 N–H and O–H groups in total. The van der Waals surface area contributed by atoms with Crippen molar-refractivity contribution in [2.75, 3.05) is 12.3 Å². The van der Waals surface area contributed by atoms with Gasteiger partial charge in [-0.15, -0.1) is 0 Å². The first-order valence-electron chi connectivity index (χ1n) is 5.30. The maximum Gasteiger partial charge on any atom is 0.255 e. The average Bonchev–Trinajstić information content (AvgIpc) is 2.65. The zero-order valence-corrected chi connectivity index (χ0v) is 9.14. The van der Waals surface area contributed by atoms with Gasteiger partial charge < -0.3 is 15.8 Å². The topological polar surface area (TPSA) is 77.2 Å². The number of nitrogens with zero attached hydrogens (tertiary/aromatic N) is 1. The Morgan fingerprint density at radius 2 is 2.50 bits per heavy atom. The number of anilines is 1. The van der Waals surface area contributed by atoms with Crippen LogP contribution in [0.25, 0.3) is 0 Å². The molecule has 0 aliphatic carbocycles. The summed E-state index contributed by atoms with van der Waals surface area (Å²) in [4.78, 5) is 15.8. The van der Waals surface area contributed by atoms with E-state index in [4.69, 9.17) is 10.5 Å². The van der Waals surface area contributed by atoms with Crippen LogP contribution >= 0.6 is 0 Å². The van der Waals surface area contributed by atoms with Gasteiger partial charge in [0.05, 0.1) is 17.7 Å². The number of carbonyl (C=O) groups excluding carboxylic acids is 1. The molecule has 16 heavy (non-hydrogen) atoms. The number of nitrogens with one attached hydrogen (secondary N) is 1. The third-order valence-corrected chi connectivity index (χ3v) is 2.79. The lowest BCUT2D eigenvalue weighted by atomic mass is 10.1. The van der Waals surface area contributed by atoms with Crippen molar-refractivity contribution in [3.8, 4) is 0 Å². The Morgan fingerprint density at radius 3 is 3.12 bits per heavy atom. The number of ether oxygens (including phenoxy) is 1. The largest absolute Gasteiger partial charge is 0.398 e. The third-order valence-electron chi connectivity index (χ3n) is 2.79. The Kier molecular flexibility index (Phi) is 3.05.